The zero-order valence-electron chi connectivity index (χ0n) is 26.4. The van der Waals surface area contributed by atoms with E-state index in [1.807, 2.05) is 35.0 Å². The lowest BCUT2D eigenvalue weighted by Crippen LogP contribution is -2.43. The largest absolute Gasteiger partial charge is 0.338 e. The summed E-state index contributed by atoms with van der Waals surface area (Å²) in [6.07, 6.45) is 6.19. The van der Waals surface area contributed by atoms with Crippen LogP contribution in [0.25, 0.3) is 17.0 Å². The first-order valence-corrected chi connectivity index (χ1v) is 16.3. The minimum atomic E-state index is -0.459. The molecule has 4 aromatic rings. The highest BCUT2D eigenvalue weighted by molar-refractivity contribution is 6.16. The van der Waals surface area contributed by atoms with E-state index in [4.69, 9.17) is 4.99 Å². The van der Waals surface area contributed by atoms with E-state index in [0.29, 0.717) is 45.1 Å². The van der Waals surface area contributed by atoms with Crippen molar-refractivity contribution in [3.8, 4) is 11.4 Å². The molecular weight excluding hydrogens is 593 g/mol. The second-order valence-corrected chi connectivity index (χ2v) is 13.1. The van der Waals surface area contributed by atoms with Crippen molar-refractivity contribution in [3.63, 3.8) is 0 Å². The number of halogens is 1. The van der Waals surface area contributed by atoms with Gasteiger partial charge in [-0.3, -0.25) is 24.2 Å². The molecule has 4 aliphatic rings. The number of rotatable bonds is 6. The second kappa shape index (κ2) is 11.7. The number of carbonyl (C=O) groups excluding carboxylic acids is 2. The highest BCUT2D eigenvalue weighted by atomic mass is 19.1. The predicted molar refractivity (Wildman–Crippen MR) is 178 cm³/mol. The molecule has 4 aliphatic heterocycles. The molecule has 8 rings (SSSR count). The highest BCUT2D eigenvalue weighted by Gasteiger charge is 2.51. The number of hydrogen-bond acceptors (Lipinski definition) is 6. The first kappa shape index (κ1) is 29.4. The van der Waals surface area contributed by atoms with Crippen LogP contribution in [0, 0.1) is 11.2 Å². The Hall–Kier alpha value is -4.96. The van der Waals surface area contributed by atoms with Crippen LogP contribution < -0.4 is 4.90 Å². The van der Waals surface area contributed by atoms with Gasteiger partial charge in [-0.1, -0.05) is 36.4 Å². The van der Waals surface area contributed by atoms with Crippen molar-refractivity contribution in [1.29, 1.82) is 0 Å². The summed E-state index contributed by atoms with van der Waals surface area (Å²) in [6.45, 7) is 4.18. The van der Waals surface area contributed by atoms with E-state index in [0.717, 1.165) is 65.0 Å². The lowest BCUT2D eigenvalue weighted by Gasteiger charge is -2.29. The van der Waals surface area contributed by atoms with Crippen LogP contribution in [-0.2, 0) is 23.2 Å². The Bertz CT molecular complexity index is 1930. The molecule has 0 bridgehead atoms. The monoisotopic (exact) mass is 629 g/mol. The van der Waals surface area contributed by atoms with Crippen LogP contribution in [0.3, 0.4) is 0 Å². The van der Waals surface area contributed by atoms with Gasteiger partial charge in [0, 0.05) is 55.6 Å². The van der Waals surface area contributed by atoms with E-state index in [1.165, 1.54) is 17.7 Å². The molecule has 10 heteroatoms. The zero-order valence-corrected chi connectivity index (χ0v) is 26.4. The number of hydrogen-bond donors (Lipinski definition) is 0. The smallest absolute Gasteiger partial charge is 0.237 e. The van der Waals surface area contributed by atoms with Crippen molar-refractivity contribution in [1.82, 2.24) is 24.6 Å². The Kier molecular flexibility index (Phi) is 7.32. The zero-order chi connectivity index (χ0) is 32.1. The van der Waals surface area contributed by atoms with Gasteiger partial charge < -0.3 is 9.80 Å². The quantitative estimate of drug-likeness (QED) is 0.308. The number of aromatic nitrogens is 3. The van der Waals surface area contributed by atoms with Crippen molar-refractivity contribution < 1.29 is 14.0 Å². The van der Waals surface area contributed by atoms with E-state index in [2.05, 4.69) is 45.3 Å². The summed E-state index contributed by atoms with van der Waals surface area (Å²) in [6, 6.07) is 20.8. The molecule has 2 amide bonds. The van der Waals surface area contributed by atoms with Gasteiger partial charge in [-0.15, -0.1) is 0 Å². The molecule has 0 aliphatic carbocycles. The number of amides is 2. The Morgan fingerprint density at radius 2 is 1.70 bits per heavy atom. The highest BCUT2D eigenvalue weighted by Crippen LogP contribution is 2.43. The van der Waals surface area contributed by atoms with Gasteiger partial charge in [0.25, 0.3) is 0 Å². The molecule has 1 spiro atoms. The lowest BCUT2D eigenvalue weighted by molar-refractivity contribution is -0.132. The Labute approximate surface area is 273 Å². The molecule has 0 radical (unpaired) electrons. The molecule has 0 saturated carbocycles. The fourth-order valence-corrected chi connectivity index (χ4v) is 7.49. The van der Waals surface area contributed by atoms with Crippen LogP contribution in [0.5, 0.6) is 0 Å². The van der Waals surface area contributed by atoms with Crippen LogP contribution in [0.4, 0.5) is 10.1 Å². The summed E-state index contributed by atoms with van der Waals surface area (Å²) in [5.41, 5.74) is 7.61. The fraction of sp³-hybridized carbons (Fsp3) is 0.324. The first-order valence-electron chi connectivity index (χ1n) is 16.3. The molecular formula is C37H36FN7O2. The Morgan fingerprint density at radius 3 is 2.45 bits per heavy atom. The van der Waals surface area contributed by atoms with Gasteiger partial charge >= 0.3 is 0 Å². The standard InChI is InChI=1S/C37H36FN7O2/c1-42-24-40-35(41-42)28-4-2-25(3-5-28)26-12-16-44(17-13-26)33(46)22-43-18-14-37(23-43)15-19-45(36(37)47)31-11-8-29-21-39-34(32(29)20-31)27-6-9-30(38)10-7-27/h2-12,20,24H,13-19,21-23H2,1H3/t37-/m0/s1. The number of anilines is 1. The van der Waals surface area contributed by atoms with Gasteiger partial charge in [0.15, 0.2) is 5.82 Å². The van der Waals surface area contributed by atoms with Gasteiger partial charge in [0.2, 0.25) is 11.8 Å². The molecule has 47 heavy (non-hydrogen) atoms. The maximum Gasteiger partial charge on any atom is 0.237 e. The summed E-state index contributed by atoms with van der Waals surface area (Å²) in [5, 5.41) is 4.37. The average Bonchev–Trinajstić information content (AvgIpc) is 3.89. The van der Waals surface area contributed by atoms with Crippen molar-refractivity contribution in [2.45, 2.75) is 25.8 Å². The predicted octanol–water partition coefficient (Wildman–Crippen LogP) is 4.72. The molecule has 2 fully saturated rings. The minimum absolute atomic E-state index is 0.113. The lowest BCUT2D eigenvalue weighted by atomic mass is 9.85. The van der Waals surface area contributed by atoms with Gasteiger partial charge in [-0.05, 0) is 78.9 Å². The van der Waals surface area contributed by atoms with E-state index in [9.17, 15) is 14.0 Å². The Balaban J connectivity index is 0.883. The maximum atomic E-state index is 13.9. The molecule has 9 nitrogen and oxygen atoms in total. The molecule has 238 valence electrons. The number of nitrogens with zero attached hydrogens (tertiary/aromatic N) is 7. The molecule has 2 saturated heterocycles. The number of fused-ring (bicyclic) bond motifs is 1. The summed E-state index contributed by atoms with van der Waals surface area (Å²) in [7, 11) is 1.86. The summed E-state index contributed by atoms with van der Waals surface area (Å²) < 4.78 is 15.2. The number of carbonyl (C=O) groups is 2. The Morgan fingerprint density at radius 1 is 0.936 bits per heavy atom. The van der Waals surface area contributed by atoms with Crippen molar-refractivity contribution in [3.05, 3.63) is 107 Å². The number of aryl methyl sites for hydroxylation is 1. The van der Waals surface area contributed by atoms with Crippen LogP contribution >= 0.6 is 0 Å². The molecule has 0 N–H and O–H groups in total. The molecule has 3 aromatic carbocycles. The third-order valence-electron chi connectivity index (χ3n) is 10.2. The van der Waals surface area contributed by atoms with Crippen molar-refractivity contribution >= 4 is 28.8 Å². The van der Waals surface area contributed by atoms with Crippen molar-refractivity contribution in [2.24, 2.45) is 17.5 Å². The molecule has 1 aromatic heterocycles. The maximum absolute atomic E-state index is 13.9. The fourth-order valence-electron chi connectivity index (χ4n) is 7.49. The summed E-state index contributed by atoms with van der Waals surface area (Å²) in [4.78, 5) is 42.3. The minimum Gasteiger partial charge on any atom is -0.338 e. The van der Waals surface area contributed by atoms with Crippen molar-refractivity contribution in [2.75, 3.05) is 44.2 Å². The third kappa shape index (κ3) is 5.46. The summed E-state index contributed by atoms with van der Waals surface area (Å²) in [5.74, 6) is 0.684. The molecule has 1 atom stereocenters. The topological polar surface area (TPSA) is 86.9 Å². The third-order valence-corrected chi connectivity index (χ3v) is 10.2. The van der Waals surface area contributed by atoms with E-state index >= 15 is 0 Å². The van der Waals surface area contributed by atoms with Crippen LogP contribution in [-0.4, -0.2) is 81.4 Å². The average molecular weight is 630 g/mol. The summed E-state index contributed by atoms with van der Waals surface area (Å²) >= 11 is 0. The van der Waals surface area contributed by atoms with E-state index in [-0.39, 0.29) is 17.6 Å². The number of likely N-dealkylation sites (tertiary alicyclic amines) is 1. The van der Waals surface area contributed by atoms with Gasteiger partial charge in [-0.2, -0.15) is 5.10 Å². The second-order valence-electron chi connectivity index (χ2n) is 13.1. The molecule has 0 unspecified atom stereocenters. The van der Waals surface area contributed by atoms with Gasteiger partial charge in [0.1, 0.15) is 12.1 Å². The first-order chi connectivity index (χ1) is 22.8. The van der Waals surface area contributed by atoms with Crippen LogP contribution in [0.2, 0.25) is 0 Å². The number of aliphatic imine (C=N–C) groups is 1. The number of benzene rings is 3. The van der Waals surface area contributed by atoms with E-state index < -0.39 is 5.41 Å². The van der Waals surface area contributed by atoms with Gasteiger partial charge in [-0.25, -0.2) is 9.37 Å². The van der Waals surface area contributed by atoms with Crippen LogP contribution in [0.15, 0.2) is 84.1 Å². The SMILES string of the molecule is Cn1cnc(-c2ccc(C3=CCN(C(=O)CN4CC[C@]5(CCN(c6ccc7c(c6)C(c6ccc(F)cc6)=NC7)C5=O)C4)CC3)cc2)n1. The van der Waals surface area contributed by atoms with Gasteiger partial charge in [0.05, 0.1) is 24.2 Å². The molecule has 5 heterocycles. The van der Waals surface area contributed by atoms with E-state index in [1.54, 1.807) is 23.1 Å². The van der Waals surface area contributed by atoms with Crippen LogP contribution in [0.1, 0.15) is 41.5 Å². The normalized spacial score (nSPS) is 21.0.